The van der Waals surface area contributed by atoms with E-state index in [0.29, 0.717) is 0 Å². The quantitative estimate of drug-likeness (QED) is 0.243. The van der Waals surface area contributed by atoms with Crippen molar-refractivity contribution >= 4 is 29.3 Å². The van der Waals surface area contributed by atoms with Gasteiger partial charge in [-0.2, -0.15) is 0 Å². The van der Waals surface area contributed by atoms with Crippen LogP contribution in [-0.2, 0) is 9.53 Å². The molecule has 1 aliphatic carbocycles. The summed E-state index contributed by atoms with van der Waals surface area (Å²) in [5.41, 5.74) is 0.146. The Bertz CT molecular complexity index is 956. The Morgan fingerprint density at radius 2 is 1.73 bits per heavy atom. The highest BCUT2D eigenvalue weighted by atomic mass is 16.5. The summed E-state index contributed by atoms with van der Waals surface area (Å²) in [5, 5.41) is 17.5. The minimum atomic E-state index is -0.814. The van der Waals surface area contributed by atoms with Gasteiger partial charge in [-0.05, 0) is 44.9 Å². The molecule has 2 N–H and O–H groups in total. The maximum Gasteiger partial charge on any atom is 0.338 e. The standard InChI is InChI=1S/C22H24N2O6/c1-12(23)19(13(2)25)18(26)11-30-22(29)14-8-9-16-17(10-14)21(28)24(20(16)27)15-6-4-3-5-7-15/h8-10,15,23,26H,3-7,11H2,1-2H3/b19-18-,23-12?. The molecule has 2 aliphatic rings. The number of nitrogens with one attached hydrogen (secondary N) is 1. The van der Waals surface area contributed by atoms with Gasteiger partial charge in [0.2, 0.25) is 0 Å². The van der Waals surface area contributed by atoms with Crippen molar-refractivity contribution in [3.63, 3.8) is 0 Å². The van der Waals surface area contributed by atoms with E-state index in [1.807, 2.05) is 0 Å². The van der Waals surface area contributed by atoms with Gasteiger partial charge in [0, 0.05) is 11.8 Å². The fraction of sp³-hybridized carbons (Fsp3) is 0.409. The lowest BCUT2D eigenvalue weighted by atomic mass is 9.94. The van der Waals surface area contributed by atoms with Crippen LogP contribution in [0.3, 0.4) is 0 Å². The fourth-order valence-electron chi connectivity index (χ4n) is 4.03. The zero-order valence-electron chi connectivity index (χ0n) is 17.0. The van der Waals surface area contributed by atoms with Gasteiger partial charge in [-0.25, -0.2) is 4.79 Å². The predicted molar refractivity (Wildman–Crippen MR) is 108 cm³/mol. The second-order valence-electron chi connectivity index (χ2n) is 7.61. The third-order valence-corrected chi connectivity index (χ3v) is 5.45. The van der Waals surface area contributed by atoms with Crippen LogP contribution in [0.5, 0.6) is 0 Å². The lowest BCUT2D eigenvalue weighted by Crippen LogP contribution is -2.40. The van der Waals surface area contributed by atoms with Crippen molar-refractivity contribution in [2.75, 3.05) is 6.61 Å². The lowest BCUT2D eigenvalue weighted by molar-refractivity contribution is -0.113. The molecule has 0 spiro atoms. The van der Waals surface area contributed by atoms with Crippen molar-refractivity contribution < 1.29 is 29.0 Å². The number of ether oxygens (including phenoxy) is 1. The summed E-state index contributed by atoms with van der Waals surface area (Å²) in [5.74, 6) is -2.58. The molecule has 0 unspecified atom stereocenters. The van der Waals surface area contributed by atoms with Gasteiger partial charge in [0.05, 0.1) is 22.3 Å². The van der Waals surface area contributed by atoms with E-state index in [9.17, 15) is 24.3 Å². The minimum absolute atomic E-state index is 0.0594. The van der Waals surface area contributed by atoms with E-state index in [1.165, 1.54) is 36.9 Å². The number of carbonyl (C=O) groups excluding carboxylic acids is 4. The van der Waals surface area contributed by atoms with Crippen LogP contribution in [-0.4, -0.2) is 51.9 Å². The number of aliphatic hydroxyl groups is 1. The Morgan fingerprint density at radius 1 is 1.10 bits per heavy atom. The highest BCUT2D eigenvalue weighted by molar-refractivity contribution is 6.22. The van der Waals surface area contributed by atoms with E-state index in [0.717, 1.165) is 32.1 Å². The van der Waals surface area contributed by atoms with Crippen molar-refractivity contribution in [3.05, 3.63) is 46.2 Å². The number of fused-ring (bicyclic) bond motifs is 1. The number of benzene rings is 1. The first-order valence-electron chi connectivity index (χ1n) is 9.90. The molecule has 2 amide bonds. The number of nitrogens with zero attached hydrogens (tertiary/aromatic N) is 1. The second-order valence-corrected chi connectivity index (χ2v) is 7.61. The van der Waals surface area contributed by atoms with Gasteiger partial charge < -0.3 is 15.3 Å². The molecule has 0 aromatic heterocycles. The van der Waals surface area contributed by atoms with E-state index in [1.54, 1.807) is 0 Å². The van der Waals surface area contributed by atoms with Crippen LogP contribution < -0.4 is 0 Å². The van der Waals surface area contributed by atoms with E-state index in [-0.39, 0.29) is 39.9 Å². The van der Waals surface area contributed by atoms with Crippen LogP contribution in [0.25, 0.3) is 0 Å². The lowest BCUT2D eigenvalue weighted by Gasteiger charge is -2.29. The SMILES string of the molecule is CC(=N)/C(C(C)=O)=C(/O)COC(=O)c1ccc2c(c1)C(=O)N(C1CCCCC1)C2=O. The predicted octanol–water partition coefficient (Wildman–Crippen LogP) is 3.21. The molecule has 158 valence electrons. The van der Waals surface area contributed by atoms with Crippen molar-refractivity contribution in [1.29, 1.82) is 5.41 Å². The topological polar surface area (TPSA) is 125 Å². The third-order valence-electron chi connectivity index (χ3n) is 5.45. The van der Waals surface area contributed by atoms with Crippen molar-refractivity contribution in [2.24, 2.45) is 0 Å². The summed E-state index contributed by atoms with van der Waals surface area (Å²) in [4.78, 5) is 50.7. The normalized spacial score (nSPS) is 17.5. The van der Waals surface area contributed by atoms with Gasteiger partial charge in [-0.3, -0.25) is 19.3 Å². The molecule has 1 heterocycles. The Labute approximate surface area is 174 Å². The van der Waals surface area contributed by atoms with Gasteiger partial charge in [-0.15, -0.1) is 0 Å². The Hall–Kier alpha value is -3.29. The van der Waals surface area contributed by atoms with E-state index < -0.39 is 30.0 Å². The maximum atomic E-state index is 12.8. The average Bonchev–Trinajstić information content (AvgIpc) is 2.96. The third kappa shape index (κ3) is 4.03. The van der Waals surface area contributed by atoms with E-state index in [4.69, 9.17) is 10.1 Å². The number of carbonyl (C=O) groups is 4. The zero-order valence-corrected chi connectivity index (χ0v) is 17.0. The summed E-state index contributed by atoms with van der Waals surface area (Å²) in [6, 6.07) is 4.05. The number of allylic oxidation sites excluding steroid dienone is 1. The number of imide groups is 1. The first-order chi connectivity index (χ1) is 14.2. The zero-order chi connectivity index (χ0) is 22.0. The number of hydrogen-bond acceptors (Lipinski definition) is 7. The van der Waals surface area contributed by atoms with Gasteiger partial charge >= 0.3 is 5.97 Å². The monoisotopic (exact) mass is 412 g/mol. The summed E-state index contributed by atoms with van der Waals surface area (Å²) in [6.45, 7) is 1.96. The van der Waals surface area contributed by atoms with Crippen molar-refractivity contribution in [2.45, 2.75) is 52.0 Å². The average molecular weight is 412 g/mol. The summed E-state index contributed by atoms with van der Waals surface area (Å²) < 4.78 is 5.03. The molecule has 0 atom stereocenters. The molecule has 8 heteroatoms. The van der Waals surface area contributed by atoms with Crippen LogP contribution >= 0.6 is 0 Å². The molecule has 1 aliphatic heterocycles. The maximum absolute atomic E-state index is 12.8. The highest BCUT2D eigenvalue weighted by Crippen LogP contribution is 2.31. The molecule has 0 bridgehead atoms. The number of aliphatic hydroxyl groups excluding tert-OH is 1. The van der Waals surface area contributed by atoms with Crippen molar-refractivity contribution in [3.8, 4) is 0 Å². The Kier molecular flexibility index (Phi) is 6.14. The number of Topliss-reactive ketones (excluding diaryl/α,β-unsaturated/α-hetero) is 1. The number of esters is 1. The Balaban J connectivity index is 1.77. The minimum Gasteiger partial charge on any atom is -0.508 e. The molecular formula is C22H24N2O6. The van der Waals surface area contributed by atoms with Gasteiger partial charge in [-0.1, -0.05) is 19.3 Å². The van der Waals surface area contributed by atoms with E-state index >= 15 is 0 Å². The molecule has 1 aromatic carbocycles. The fourth-order valence-corrected chi connectivity index (χ4v) is 4.03. The first kappa shape index (κ1) is 21.4. The molecule has 1 saturated carbocycles. The van der Waals surface area contributed by atoms with Crippen LogP contribution in [0.1, 0.15) is 77.0 Å². The van der Waals surface area contributed by atoms with Crippen LogP contribution in [0.2, 0.25) is 0 Å². The van der Waals surface area contributed by atoms with Crippen molar-refractivity contribution in [1.82, 2.24) is 4.90 Å². The van der Waals surface area contributed by atoms with Gasteiger partial charge in [0.25, 0.3) is 11.8 Å². The molecule has 1 fully saturated rings. The molecule has 30 heavy (non-hydrogen) atoms. The van der Waals surface area contributed by atoms with Crippen LogP contribution in [0.4, 0.5) is 0 Å². The summed E-state index contributed by atoms with van der Waals surface area (Å²) in [7, 11) is 0. The molecule has 3 rings (SSSR count). The second kappa shape index (κ2) is 8.61. The van der Waals surface area contributed by atoms with Gasteiger partial charge in [0.1, 0.15) is 12.4 Å². The number of amides is 2. The highest BCUT2D eigenvalue weighted by Gasteiger charge is 2.40. The molecular weight excluding hydrogens is 388 g/mol. The van der Waals surface area contributed by atoms with Gasteiger partial charge in [0.15, 0.2) is 5.78 Å². The molecule has 1 aromatic rings. The van der Waals surface area contributed by atoms with E-state index in [2.05, 4.69) is 0 Å². The molecule has 8 nitrogen and oxygen atoms in total. The van der Waals surface area contributed by atoms with Crippen LogP contribution in [0.15, 0.2) is 29.5 Å². The molecule has 0 radical (unpaired) electrons. The summed E-state index contributed by atoms with van der Waals surface area (Å²) in [6.07, 6.45) is 4.63. The smallest absolute Gasteiger partial charge is 0.338 e. The first-order valence-corrected chi connectivity index (χ1v) is 9.90. The summed E-state index contributed by atoms with van der Waals surface area (Å²) >= 11 is 0. The number of ketones is 1. The van der Waals surface area contributed by atoms with Crippen LogP contribution in [0, 0.1) is 5.41 Å². The number of hydrogen-bond donors (Lipinski definition) is 2. The number of rotatable bonds is 6. The largest absolute Gasteiger partial charge is 0.508 e. The molecule has 0 saturated heterocycles. The Morgan fingerprint density at radius 3 is 2.33 bits per heavy atom.